The lowest BCUT2D eigenvalue weighted by Crippen LogP contribution is -2.56. The SMILES string of the molecule is COc1ccc(CCn2cnc3cc(C4NC4CC(N)=NC4C[C@@H]5CC([C@@H]4C)C5(C)C)ccc3c2=O)c(F)c1. The van der Waals surface area contributed by atoms with Crippen molar-refractivity contribution in [1.29, 1.82) is 0 Å². The van der Waals surface area contributed by atoms with Crippen LogP contribution in [0.5, 0.6) is 5.75 Å². The Morgan fingerprint density at radius 3 is 2.79 bits per heavy atom. The molecule has 1 aromatic heterocycles. The fraction of sp³-hybridized carbons (Fsp3) is 0.516. The number of amidine groups is 1. The summed E-state index contributed by atoms with van der Waals surface area (Å²) in [6, 6.07) is 11.3. The van der Waals surface area contributed by atoms with Crippen LogP contribution in [-0.4, -0.2) is 34.6 Å². The zero-order valence-electron chi connectivity index (χ0n) is 23.2. The Bertz CT molecular complexity index is 1500. The third-order valence-corrected chi connectivity index (χ3v) is 9.85. The van der Waals surface area contributed by atoms with Crippen LogP contribution in [-0.2, 0) is 13.0 Å². The number of nitrogens with zero attached hydrogens (tertiary/aromatic N) is 3. The molecular formula is C31H38FN5O2. The zero-order chi connectivity index (χ0) is 27.5. The van der Waals surface area contributed by atoms with Crippen LogP contribution in [0.1, 0.15) is 57.2 Å². The monoisotopic (exact) mass is 531 g/mol. The van der Waals surface area contributed by atoms with Gasteiger partial charge < -0.3 is 15.8 Å². The second kappa shape index (κ2) is 9.73. The fourth-order valence-electron chi connectivity index (χ4n) is 7.09. The molecule has 2 aromatic carbocycles. The van der Waals surface area contributed by atoms with Crippen LogP contribution in [0, 0.1) is 29.0 Å². The van der Waals surface area contributed by atoms with Gasteiger partial charge in [0.05, 0.1) is 36.2 Å². The highest BCUT2D eigenvalue weighted by Crippen LogP contribution is 2.61. The van der Waals surface area contributed by atoms with Gasteiger partial charge in [-0.05, 0) is 71.8 Å². The van der Waals surface area contributed by atoms with Crippen molar-refractivity contribution in [3.05, 3.63) is 70.0 Å². The first-order chi connectivity index (χ1) is 18.7. The maximum Gasteiger partial charge on any atom is 0.261 e. The summed E-state index contributed by atoms with van der Waals surface area (Å²) in [4.78, 5) is 22.6. The second-order valence-corrected chi connectivity index (χ2v) is 12.3. The number of nitrogens with one attached hydrogen (secondary N) is 1. The van der Waals surface area contributed by atoms with Crippen molar-refractivity contribution in [1.82, 2.24) is 14.9 Å². The van der Waals surface area contributed by atoms with Gasteiger partial charge in [0, 0.05) is 31.1 Å². The van der Waals surface area contributed by atoms with Crippen molar-refractivity contribution in [3.63, 3.8) is 0 Å². The molecule has 2 bridgehead atoms. The molecule has 6 atom stereocenters. The molecule has 1 saturated heterocycles. The predicted molar refractivity (Wildman–Crippen MR) is 152 cm³/mol. The summed E-state index contributed by atoms with van der Waals surface area (Å²) in [7, 11) is 1.50. The summed E-state index contributed by atoms with van der Waals surface area (Å²) < 4.78 is 20.9. The molecule has 7 rings (SSSR count). The maximum atomic E-state index is 14.3. The normalized spacial score (nSPS) is 29.2. The number of nitrogens with two attached hydrogens (primary N) is 1. The van der Waals surface area contributed by atoms with Crippen LogP contribution >= 0.6 is 0 Å². The molecule has 8 heteroatoms. The van der Waals surface area contributed by atoms with E-state index in [1.807, 2.05) is 18.2 Å². The number of aryl methyl sites for hydroxylation is 2. The third-order valence-electron chi connectivity index (χ3n) is 9.85. The van der Waals surface area contributed by atoms with Crippen molar-refractivity contribution in [3.8, 4) is 5.75 Å². The maximum absolute atomic E-state index is 14.3. The van der Waals surface area contributed by atoms with Crippen molar-refractivity contribution < 1.29 is 9.13 Å². The highest BCUT2D eigenvalue weighted by Gasteiger charge is 2.56. The highest BCUT2D eigenvalue weighted by molar-refractivity contribution is 5.82. The third kappa shape index (κ3) is 4.73. The average Bonchev–Trinajstić information content (AvgIpc) is 3.68. The molecule has 3 saturated carbocycles. The van der Waals surface area contributed by atoms with E-state index in [9.17, 15) is 9.18 Å². The van der Waals surface area contributed by atoms with Crippen LogP contribution in [0.4, 0.5) is 4.39 Å². The van der Waals surface area contributed by atoms with Gasteiger partial charge >= 0.3 is 0 Å². The summed E-state index contributed by atoms with van der Waals surface area (Å²) in [5.74, 6) is 2.97. The molecular weight excluding hydrogens is 493 g/mol. The largest absolute Gasteiger partial charge is 0.497 e. The smallest absolute Gasteiger partial charge is 0.261 e. The topological polar surface area (TPSA) is 104 Å². The van der Waals surface area contributed by atoms with E-state index >= 15 is 0 Å². The first-order valence-electron chi connectivity index (χ1n) is 14.1. The summed E-state index contributed by atoms with van der Waals surface area (Å²) in [5.41, 5.74) is 9.04. The van der Waals surface area contributed by atoms with E-state index in [-0.39, 0.29) is 23.5 Å². The van der Waals surface area contributed by atoms with Gasteiger partial charge in [-0.25, -0.2) is 9.37 Å². The van der Waals surface area contributed by atoms with E-state index in [1.54, 1.807) is 23.0 Å². The minimum absolute atomic E-state index is 0.125. The highest BCUT2D eigenvalue weighted by atomic mass is 19.1. The summed E-state index contributed by atoms with van der Waals surface area (Å²) in [5, 5.41) is 4.08. The van der Waals surface area contributed by atoms with Gasteiger partial charge in [-0.2, -0.15) is 0 Å². The lowest BCUT2D eigenvalue weighted by molar-refractivity contribution is -0.108. The summed E-state index contributed by atoms with van der Waals surface area (Å²) in [6.07, 6.45) is 5.15. The molecule has 7 nitrogen and oxygen atoms in total. The molecule has 3 aliphatic carbocycles. The molecule has 4 unspecified atom stereocenters. The Balaban J connectivity index is 1.09. The molecule has 3 aromatic rings. The number of hydrogen-bond acceptors (Lipinski definition) is 5. The number of aliphatic imine (C=N–C) groups is 1. The van der Waals surface area contributed by atoms with Crippen molar-refractivity contribution in [2.45, 2.75) is 71.1 Å². The Kier molecular flexibility index (Phi) is 6.49. The molecule has 0 spiro atoms. The molecule has 0 radical (unpaired) electrons. The van der Waals surface area contributed by atoms with E-state index in [1.165, 1.54) is 19.6 Å². The number of hydrogen-bond donors (Lipinski definition) is 2. The number of rotatable bonds is 8. The number of halogens is 1. The average molecular weight is 532 g/mol. The number of fused-ring (bicyclic) bond motifs is 3. The lowest BCUT2D eigenvalue weighted by Gasteiger charge is -2.61. The molecule has 206 valence electrons. The van der Waals surface area contributed by atoms with E-state index < -0.39 is 0 Å². The summed E-state index contributed by atoms with van der Waals surface area (Å²) in [6.45, 7) is 7.49. The Morgan fingerprint density at radius 1 is 1.26 bits per heavy atom. The first kappa shape index (κ1) is 26.0. The van der Waals surface area contributed by atoms with E-state index in [2.05, 4.69) is 31.1 Å². The number of benzene rings is 2. The molecule has 1 aliphatic heterocycles. The van der Waals surface area contributed by atoms with Crippen molar-refractivity contribution in [2.24, 2.45) is 33.9 Å². The Labute approximate surface area is 228 Å². The van der Waals surface area contributed by atoms with Crippen LogP contribution in [0.2, 0.25) is 0 Å². The van der Waals surface area contributed by atoms with Gasteiger partial charge in [-0.15, -0.1) is 0 Å². The molecule has 4 fully saturated rings. The van der Waals surface area contributed by atoms with Gasteiger partial charge in [0.15, 0.2) is 0 Å². The predicted octanol–water partition coefficient (Wildman–Crippen LogP) is 4.62. The first-order valence-corrected chi connectivity index (χ1v) is 14.1. The van der Waals surface area contributed by atoms with Crippen LogP contribution in [0.15, 0.2) is 52.5 Å². The van der Waals surface area contributed by atoms with Crippen LogP contribution < -0.4 is 21.3 Å². The summed E-state index contributed by atoms with van der Waals surface area (Å²) >= 11 is 0. The minimum Gasteiger partial charge on any atom is -0.497 e. The number of ether oxygens (including phenoxy) is 1. The van der Waals surface area contributed by atoms with E-state index in [4.69, 9.17) is 15.5 Å². The van der Waals surface area contributed by atoms with Gasteiger partial charge in [0.1, 0.15) is 11.6 Å². The molecule has 4 aliphatic rings. The molecule has 0 amide bonds. The standard InChI is InChI=1S/C31H38FN5O2/c1-17-23-12-20(31(23,2)3)13-25(17)35-28(33)15-27-29(36-27)19-6-8-22-26(11-19)34-16-37(30(22)38)10-9-18-5-7-21(39-4)14-24(18)32/h5-8,11,14,16-17,20,23,25,27,29,36H,9-10,12-13,15H2,1-4H3,(H2,33,35)/t17-,20-,23?,25?,27?,29?/m0/s1. The van der Waals surface area contributed by atoms with E-state index in [0.29, 0.717) is 52.6 Å². The van der Waals surface area contributed by atoms with Crippen molar-refractivity contribution >= 4 is 16.7 Å². The zero-order valence-corrected chi connectivity index (χ0v) is 23.2. The minimum atomic E-state index is -0.341. The Hall–Kier alpha value is -3.26. The van der Waals surface area contributed by atoms with Crippen LogP contribution in [0.3, 0.4) is 0 Å². The van der Waals surface area contributed by atoms with Gasteiger partial charge in [0.25, 0.3) is 5.56 Å². The number of methoxy groups -OCH3 is 1. The van der Waals surface area contributed by atoms with Gasteiger partial charge in [-0.3, -0.25) is 14.4 Å². The molecule has 2 heterocycles. The number of aromatic nitrogens is 2. The second-order valence-electron chi connectivity index (χ2n) is 12.3. The van der Waals surface area contributed by atoms with E-state index in [0.717, 1.165) is 36.1 Å². The molecule has 39 heavy (non-hydrogen) atoms. The quantitative estimate of drug-likeness (QED) is 0.251. The molecule has 3 N–H and O–H groups in total. The van der Waals surface area contributed by atoms with Gasteiger partial charge in [-0.1, -0.05) is 32.9 Å². The van der Waals surface area contributed by atoms with Crippen molar-refractivity contribution in [2.75, 3.05) is 7.11 Å². The Morgan fingerprint density at radius 2 is 2.08 bits per heavy atom. The van der Waals surface area contributed by atoms with Crippen LogP contribution in [0.25, 0.3) is 10.9 Å². The fourth-order valence-corrected chi connectivity index (χ4v) is 7.09. The lowest BCUT2D eigenvalue weighted by atomic mass is 9.45. The van der Waals surface area contributed by atoms with Gasteiger partial charge in [0.2, 0.25) is 0 Å².